The second kappa shape index (κ2) is 8.79. The Hall–Kier alpha value is -2.65. The van der Waals surface area contributed by atoms with Crippen molar-refractivity contribution < 1.29 is 13.3 Å². The average Bonchev–Trinajstić information content (AvgIpc) is 2.72. The van der Waals surface area contributed by atoms with E-state index in [2.05, 4.69) is 5.32 Å². The van der Waals surface area contributed by atoms with E-state index >= 15 is 0 Å². The summed E-state index contributed by atoms with van der Waals surface area (Å²) in [6.07, 6.45) is 2.80. The summed E-state index contributed by atoms with van der Waals surface area (Å²) in [5.74, 6) is 0. The van der Waals surface area contributed by atoms with Crippen LogP contribution in [-0.2, 0) is 16.6 Å². The monoisotopic (exact) mass is 418 g/mol. The van der Waals surface area contributed by atoms with Crippen molar-refractivity contribution in [2.45, 2.75) is 30.7 Å². The maximum atomic E-state index is 13.0. The third-order valence-corrected chi connectivity index (χ3v) is 6.95. The van der Waals surface area contributed by atoms with E-state index in [1.807, 2.05) is 19.0 Å². The van der Waals surface area contributed by atoms with Crippen molar-refractivity contribution >= 4 is 27.1 Å². The van der Waals surface area contributed by atoms with Gasteiger partial charge in [-0.05, 0) is 31.0 Å². The summed E-state index contributed by atoms with van der Waals surface area (Å²) >= 11 is 0. The molecule has 0 saturated carbocycles. The summed E-state index contributed by atoms with van der Waals surface area (Å²) in [6, 6.07) is 11.5. The van der Waals surface area contributed by atoms with E-state index in [1.54, 1.807) is 36.4 Å². The Kier molecular flexibility index (Phi) is 6.39. The molecule has 29 heavy (non-hydrogen) atoms. The van der Waals surface area contributed by atoms with Gasteiger partial charge >= 0.3 is 0 Å². The molecule has 1 fully saturated rings. The number of sulfonamides is 1. The number of anilines is 2. The van der Waals surface area contributed by atoms with Crippen LogP contribution in [0.4, 0.5) is 17.1 Å². The van der Waals surface area contributed by atoms with Gasteiger partial charge in [-0.25, -0.2) is 8.42 Å². The lowest BCUT2D eigenvalue weighted by atomic mass is 10.1. The molecule has 9 heteroatoms. The summed E-state index contributed by atoms with van der Waals surface area (Å²) < 4.78 is 27.6. The van der Waals surface area contributed by atoms with Gasteiger partial charge in [-0.3, -0.25) is 10.1 Å². The van der Waals surface area contributed by atoms with Crippen molar-refractivity contribution in [3.63, 3.8) is 0 Å². The molecule has 0 bridgehead atoms. The number of nitro groups is 1. The second-order valence-electron chi connectivity index (χ2n) is 7.28. The third-order valence-electron chi connectivity index (χ3n) is 5.06. The summed E-state index contributed by atoms with van der Waals surface area (Å²) in [4.78, 5) is 12.9. The number of nitro benzene ring substituents is 1. The van der Waals surface area contributed by atoms with E-state index in [1.165, 1.54) is 10.4 Å². The Morgan fingerprint density at radius 2 is 1.79 bits per heavy atom. The highest BCUT2D eigenvalue weighted by Crippen LogP contribution is 2.31. The number of rotatable bonds is 7. The fourth-order valence-corrected chi connectivity index (χ4v) is 5.03. The van der Waals surface area contributed by atoms with Gasteiger partial charge in [0.2, 0.25) is 10.0 Å². The van der Waals surface area contributed by atoms with Gasteiger partial charge < -0.3 is 10.2 Å². The zero-order valence-corrected chi connectivity index (χ0v) is 17.5. The molecule has 0 radical (unpaired) electrons. The fraction of sp³-hybridized carbons (Fsp3) is 0.400. The van der Waals surface area contributed by atoms with Crippen molar-refractivity contribution in [3.8, 4) is 0 Å². The van der Waals surface area contributed by atoms with E-state index in [9.17, 15) is 18.5 Å². The molecule has 0 amide bonds. The van der Waals surface area contributed by atoms with E-state index in [0.29, 0.717) is 24.3 Å². The molecule has 0 aromatic heterocycles. The van der Waals surface area contributed by atoms with Crippen LogP contribution in [0.25, 0.3) is 0 Å². The fourth-order valence-electron chi connectivity index (χ4n) is 3.49. The van der Waals surface area contributed by atoms with Gasteiger partial charge in [-0.15, -0.1) is 0 Å². The van der Waals surface area contributed by atoms with Gasteiger partial charge in [0.15, 0.2) is 0 Å². The van der Waals surface area contributed by atoms with Crippen molar-refractivity contribution in [3.05, 3.63) is 58.1 Å². The minimum atomic E-state index is -3.56. The van der Waals surface area contributed by atoms with Crippen LogP contribution in [0.3, 0.4) is 0 Å². The molecule has 156 valence electrons. The maximum absolute atomic E-state index is 13.0. The van der Waals surface area contributed by atoms with Crippen LogP contribution in [0.5, 0.6) is 0 Å². The SMILES string of the molecule is CN(C)c1ccc(S(=O)(=O)N2CCCCC2)cc1NCc1ccccc1[N+](=O)[O-]. The van der Waals surface area contributed by atoms with Gasteiger partial charge in [-0.2, -0.15) is 4.31 Å². The van der Waals surface area contributed by atoms with Crippen LogP contribution in [-0.4, -0.2) is 44.8 Å². The van der Waals surface area contributed by atoms with E-state index in [0.717, 1.165) is 24.9 Å². The van der Waals surface area contributed by atoms with Crippen molar-refractivity contribution in [1.29, 1.82) is 0 Å². The molecular weight excluding hydrogens is 392 g/mol. The molecule has 2 aromatic rings. The number of para-hydroxylation sites is 1. The standard InChI is InChI=1S/C20H26N4O4S/c1-22(2)20-11-10-17(29(27,28)23-12-6-3-7-13-23)14-18(20)21-15-16-8-4-5-9-19(16)24(25)26/h4-5,8-11,14,21H,3,6-7,12-13,15H2,1-2H3. The first-order valence-corrected chi connectivity index (χ1v) is 11.0. The average molecular weight is 419 g/mol. The lowest BCUT2D eigenvalue weighted by Crippen LogP contribution is -2.35. The predicted molar refractivity (Wildman–Crippen MR) is 114 cm³/mol. The molecular formula is C20H26N4O4S. The highest BCUT2D eigenvalue weighted by molar-refractivity contribution is 7.89. The molecule has 0 unspecified atom stereocenters. The lowest BCUT2D eigenvalue weighted by molar-refractivity contribution is -0.385. The molecule has 1 saturated heterocycles. The molecule has 8 nitrogen and oxygen atoms in total. The minimum Gasteiger partial charge on any atom is -0.379 e. The van der Waals surface area contributed by atoms with Gasteiger partial charge in [0.05, 0.1) is 21.2 Å². The molecule has 0 spiro atoms. The van der Waals surface area contributed by atoms with Crippen molar-refractivity contribution in [1.82, 2.24) is 4.31 Å². The number of piperidine rings is 1. The molecule has 0 atom stereocenters. The number of nitrogens with zero attached hydrogens (tertiary/aromatic N) is 3. The number of benzene rings is 2. The number of nitrogens with one attached hydrogen (secondary N) is 1. The Bertz CT molecular complexity index is 986. The molecule has 1 N–H and O–H groups in total. The van der Waals surface area contributed by atoms with Crippen LogP contribution in [0.1, 0.15) is 24.8 Å². The van der Waals surface area contributed by atoms with Crippen LogP contribution >= 0.6 is 0 Å². The Labute approximate surface area is 171 Å². The maximum Gasteiger partial charge on any atom is 0.274 e. The normalized spacial score (nSPS) is 15.1. The highest BCUT2D eigenvalue weighted by atomic mass is 32.2. The van der Waals surface area contributed by atoms with Crippen molar-refractivity contribution in [2.24, 2.45) is 0 Å². The van der Waals surface area contributed by atoms with E-state index in [-0.39, 0.29) is 17.1 Å². The van der Waals surface area contributed by atoms with Crippen LogP contribution in [0.15, 0.2) is 47.4 Å². The summed E-state index contributed by atoms with van der Waals surface area (Å²) in [5.41, 5.74) is 1.99. The van der Waals surface area contributed by atoms with Crippen LogP contribution < -0.4 is 10.2 Å². The Morgan fingerprint density at radius 3 is 2.45 bits per heavy atom. The number of hydrogen-bond donors (Lipinski definition) is 1. The van der Waals surface area contributed by atoms with Gasteiger partial charge in [0, 0.05) is 45.4 Å². The molecule has 3 rings (SSSR count). The Morgan fingerprint density at radius 1 is 1.10 bits per heavy atom. The Balaban J connectivity index is 1.91. The zero-order valence-electron chi connectivity index (χ0n) is 16.7. The number of hydrogen-bond acceptors (Lipinski definition) is 6. The quantitative estimate of drug-likeness (QED) is 0.547. The summed E-state index contributed by atoms with van der Waals surface area (Å²) in [5, 5.41) is 14.4. The minimum absolute atomic E-state index is 0.0310. The highest BCUT2D eigenvalue weighted by Gasteiger charge is 2.26. The smallest absolute Gasteiger partial charge is 0.274 e. The molecule has 1 aliphatic heterocycles. The van der Waals surface area contributed by atoms with E-state index < -0.39 is 14.9 Å². The van der Waals surface area contributed by atoms with Gasteiger partial charge in [-0.1, -0.05) is 24.6 Å². The second-order valence-corrected chi connectivity index (χ2v) is 9.22. The predicted octanol–water partition coefficient (Wildman–Crippen LogP) is 3.45. The molecule has 1 aliphatic rings. The zero-order chi connectivity index (χ0) is 21.0. The topological polar surface area (TPSA) is 95.8 Å². The lowest BCUT2D eigenvalue weighted by Gasteiger charge is -2.27. The van der Waals surface area contributed by atoms with Gasteiger partial charge in [0.25, 0.3) is 5.69 Å². The first-order chi connectivity index (χ1) is 13.8. The summed E-state index contributed by atoms with van der Waals surface area (Å²) in [7, 11) is 0.166. The first kappa shape index (κ1) is 21.1. The van der Waals surface area contributed by atoms with E-state index in [4.69, 9.17) is 0 Å². The van der Waals surface area contributed by atoms with Gasteiger partial charge in [0.1, 0.15) is 0 Å². The third kappa shape index (κ3) is 4.68. The first-order valence-electron chi connectivity index (χ1n) is 9.58. The molecule has 2 aromatic carbocycles. The van der Waals surface area contributed by atoms with Crippen molar-refractivity contribution in [2.75, 3.05) is 37.4 Å². The van der Waals surface area contributed by atoms with Crippen LogP contribution in [0.2, 0.25) is 0 Å². The molecule has 1 heterocycles. The molecule has 0 aliphatic carbocycles. The summed E-state index contributed by atoms with van der Waals surface area (Å²) in [6.45, 7) is 1.29. The van der Waals surface area contributed by atoms with Crippen LogP contribution in [0, 0.1) is 10.1 Å². The largest absolute Gasteiger partial charge is 0.379 e.